The first-order valence-corrected chi connectivity index (χ1v) is 15.8. The minimum absolute atomic E-state index is 0.0364. The molecule has 1 aliphatic heterocycles. The molecule has 3 N–H and O–H groups in total. The number of fused-ring (bicyclic) bond motifs is 6. The van der Waals surface area contributed by atoms with Gasteiger partial charge >= 0.3 is 0 Å². The van der Waals surface area contributed by atoms with Gasteiger partial charge in [-0.2, -0.15) is 19.0 Å². The van der Waals surface area contributed by atoms with Gasteiger partial charge < -0.3 is 16.0 Å². The molecular formula is C33H39F2N7. The van der Waals surface area contributed by atoms with Crippen molar-refractivity contribution in [3.05, 3.63) is 58.7 Å². The van der Waals surface area contributed by atoms with Gasteiger partial charge in [-0.15, -0.1) is 0 Å². The van der Waals surface area contributed by atoms with Crippen molar-refractivity contribution in [1.82, 2.24) is 20.6 Å². The fourth-order valence-electron chi connectivity index (χ4n) is 9.31. The number of aliphatic imine (C=N–C) groups is 1. The Kier molecular flexibility index (Phi) is 7.18. The Balaban J connectivity index is 1.11. The smallest absolute Gasteiger partial charge is 0.213 e. The molecule has 0 spiro atoms. The zero-order valence-corrected chi connectivity index (χ0v) is 24.3. The summed E-state index contributed by atoms with van der Waals surface area (Å²) in [5.74, 6) is 0.555. The van der Waals surface area contributed by atoms with Gasteiger partial charge in [-0.1, -0.05) is 13.8 Å². The van der Waals surface area contributed by atoms with Gasteiger partial charge in [-0.05, 0) is 110 Å². The average molecular weight is 572 g/mol. The highest BCUT2D eigenvalue weighted by Crippen LogP contribution is 2.51. The maximum absolute atomic E-state index is 14.3. The van der Waals surface area contributed by atoms with Crippen molar-refractivity contribution in [3.8, 4) is 6.19 Å². The number of aryl methyl sites for hydroxylation is 2. The first kappa shape index (κ1) is 27.7. The summed E-state index contributed by atoms with van der Waals surface area (Å²) < 4.78 is 28.6. The van der Waals surface area contributed by atoms with Crippen LogP contribution in [0.4, 0.5) is 8.78 Å². The Labute approximate surface area is 246 Å². The number of hydrogen-bond donors (Lipinski definition) is 3. The monoisotopic (exact) mass is 571 g/mol. The number of piperazine rings is 1. The first-order chi connectivity index (χ1) is 20.4. The molecule has 3 heterocycles. The van der Waals surface area contributed by atoms with Gasteiger partial charge in [0.05, 0.1) is 17.8 Å². The van der Waals surface area contributed by atoms with Crippen LogP contribution in [0.15, 0.2) is 29.3 Å². The molecule has 7 rings (SSSR count). The molecule has 1 saturated heterocycles. The van der Waals surface area contributed by atoms with Crippen LogP contribution in [0.3, 0.4) is 0 Å². The zero-order valence-electron chi connectivity index (χ0n) is 24.3. The Bertz CT molecular complexity index is 1470. The van der Waals surface area contributed by atoms with E-state index in [9.17, 15) is 19.5 Å². The van der Waals surface area contributed by atoms with Gasteiger partial charge in [-0.25, -0.2) is 9.97 Å². The van der Waals surface area contributed by atoms with Crippen LogP contribution in [-0.4, -0.2) is 45.6 Å². The van der Waals surface area contributed by atoms with E-state index < -0.39 is 11.9 Å². The molecule has 5 fully saturated rings. The second-order valence-corrected chi connectivity index (χ2v) is 13.1. The number of pyridine rings is 2. The Morgan fingerprint density at radius 3 is 1.93 bits per heavy atom. The molecular weight excluding hydrogens is 532 g/mol. The third-order valence-corrected chi connectivity index (χ3v) is 11.2. The lowest BCUT2D eigenvalue weighted by Gasteiger charge is -2.42. The van der Waals surface area contributed by atoms with Gasteiger partial charge in [0.2, 0.25) is 18.1 Å². The molecule has 10 unspecified atom stereocenters. The van der Waals surface area contributed by atoms with Crippen molar-refractivity contribution in [2.45, 2.75) is 101 Å². The molecule has 2 aromatic heterocycles. The van der Waals surface area contributed by atoms with E-state index >= 15 is 0 Å². The molecule has 4 aliphatic carbocycles. The second-order valence-electron chi connectivity index (χ2n) is 13.1. The summed E-state index contributed by atoms with van der Waals surface area (Å²) in [6.45, 7) is 3.99. The number of nitriles is 1. The van der Waals surface area contributed by atoms with E-state index in [1.807, 2.05) is 26.0 Å². The van der Waals surface area contributed by atoms with Gasteiger partial charge in [0.25, 0.3) is 0 Å². The molecule has 5 aliphatic rings. The Hall–Kier alpha value is -3.09. The van der Waals surface area contributed by atoms with Crippen molar-refractivity contribution in [2.75, 3.05) is 0 Å². The number of aromatic nitrogens is 2. The van der Waals surface area contributed by atoms with Crippen LogP contribution in [0.25, 0.3) is 0 Å². The first-order valence-electron chi connectivity index (χ1n) is 15.8. The lowest BCUT2D eigenvalue weighted by Crippen LogP contribution is -2.67. The highest BCUT2D eigenvalue weighted by molar-refractivity contribution is 5.98. The summed E-state index contributed by atoms with van der Waals surface area (Å²) in [7, 11) is 0. The van der Waals surface area contributed by atoms with Gasteiger partial charge in [-0.3, -0.25) is 0 Å². The number of nitrogens with one attached hydrogen (secondary N) is 3. The van der Waals surface area contributed by atoms with Gasteiger partial charge in [0.1, 0.15) is 0 Å². The lowest BCUT2D eigenvalue weighted by atomic mass is 9.72. The van der Waals surface area contributed by atoms with Crippen LogP contribution in [0, 0.1) is 52.4 Å². The molecule has 220 valence electrons. The van der Waals surface area contributed by atoms with Crippen LogP contribution in [0.5, 0.6) is 0 Å². The van der Waals surface area contributed by atoms with Crippen molar-refractivity contribution in [3.63, 3.8) is 0 Å². The van der Waals surface area contributed by atoms with E-state index in [2.05, 4.69) is 31.8 Å². The third-order valence-electron chi connectivity index (χ3n) is 11.2. The average Bonchev–Trinajstić information content (AvgIpc) is 3.45. The standard InChI is InChI=1S/C33H39F2N7/c1-3-20-9-18(13-26(34)39-20)16-5-7-22-24(11-16)28(37)32-30(22)42-33-29(38-15-36)25-12-17(6-8-23(25)31(33)41-32)19-10-21(4-2)40-27(35)14-19/h9-10,13-14,16-17,22-25,30-33,37,41-42H,3-8,11-12H2,1-2H3. The van der Waals surface area contributed by atoms with E-state index in [4.69, 9.17) is 0 Å². The molecule has 4 saturated carbocycles. The van der Waals surface area contributed by atoms with Crippen LogP contribution in [0.2, 0.25) is 0 Å². The van der Waals surface area contributed by atoms with E-state index in [0.29, 0.717) is 24.7 Å². The van der Waals surface area contributed by atoms with E-state index in [0.717, 1.165) is 72.5 Å². The van der Waals surface area contributed by atoms with Crippen molar-refractivity contribution >= 4 is 11.4 Å². The van der Waals surface area contributed by atoms with Gasteiger partial charge in [0.15, 0.2) is 0 Å². The highest BCUT2D eigenvalue weighted by atomic mass is 19.1. The van der Waals surface area contributed by atoms with E-state index in [-0.39, 0.29) is 47.8 Å². The van der Waals surface area contributed by atoms with Crippen molar-refractivity contribution in [1.29, 1.82) is 10.7 Å². The summed E-state index contributed by atoms with van der Waals surface area (Å²) in [4.78, 5) is 12.5. The van der Waals surface area contributed by atoms with E-state index in [1.165, 1.54) is 0 Å². The molecule has 0 radical (unpaired) electrons. The summed E-state index contributed by atoms with van der Waals surface area (Å²) >= 11 is 0. The highest BCUT2D eigenvalue weighted by Gasteiger charge is 2.59. The second kappa shape index (κ2) is 10.9. The minimum atomic E-state index is -0.420. The summed E-state index contributed by atoms with van der Waals surface area (Å²) in [5.41, 5.74) is 5.27. The molecule has 2 aromatic rings. The van der Waals surface area contributed by atoms with E-state index in [1.54, 1.807) is 12.1 Å². The predicted molar refractivity (Wildman–Crippen MR) is 156 cm³/mol. The summed E-state index contributed by atoms with van der Waals surface area (Å²) in [6.07, 6.45) is 9.06. The SMILES string of the molecule is CCc1cc(C2CCC3C(C2)C(=N)C2NC4C(NC23)C(=NC#N)C2CC(c3cc(F)nc(CC)c3)CCC24)cc(F)n1. The maximum atomic E-state index is 14.3. The summed E-state index contributed by atoms with van der Waals surface area (Å²) in [5, 5.41) is 26.8. The number of nitrogens with zero attached hydrogens (tertiary/aromatic N) is 4. The molecule has 7 nitrogen and oxygen atoms in total. The minimum Gasteiger partial charge on any atom is -0.308 e. The lowest BCUT2D eigenvalue weighted by molar-refractivity contribution is 0.161. The Morgan fingerprint density at radius 1 is 0.833 bits per heavy atom. The quantitative estimate of drug-likeness (QED) is 0.345. The fourth-order valence-corrected chi connectivity index (χ4v) is 9.31. The topological polar surface area (TPSA) is 110 Å². The molecule has 9 heteroatoms. The molecule has 0 bridgehead atoms. The normalized spacial score (nSPS) is 38.0. The van der Waals surface area contributed by atoms with Crippen LogP contribution in [0.1, 0.15) is 86.7 Å². The zero-order chi connectivity index (χ0) is 29.1. The third kappa shape index (κ3) is 4.58. The van der Waals surface area contributed by atoms with Crippen molar-refractivity contribution < 1.29 is 8.78 Å². The fraction of sp³-hybridized carbons (Fsp3) is 0.606. The largest absolute Gasteiger partial charge is 0.308 e. The Morgan fingerprint density at radius 2 is 1.36 bits per heavy atom. The van der Waals surface area contributed by atoms with Crippen LogP contribution in [-0.2, 0) is 12.8 Å². The maximum Gasteiger partial charge on any atom is 0.213 e. The van der Waals surface area contributed by atoms with Gasteiger partial charge in [0, 0.05) is 41.0 Å². The number of halogens is 2. The molecule has 10 atom stereocenters. The number of hydrogen-bond acceptors (Lipinski definition) is 7. The molecule has 0 amide bonds. The molecule has 42 heavy (non-hydrogen) atoms. The molecule has 0 aromatic carbocycles. The van der Waals surface area contributed by atoms with Crippen LogP contribution >= 0.6 is 0 Å². The van der Waals surface area contributed by atoms with Crippen LogP contribution < -0.4 is 10.6 Å². The van der Waals surface area contributed by atoms with Crippen molar-refractivity contribution in [2.24, 2.45) is 28.7 Å². The summed E-state index contributed by atoms with van der Waals surface area (Å²) in [6, 6.07) is 7.40. The number of rotatable bonds is 4. The predicted octanol–water partition coefficient (Wildman–Crippen LogP) is 5.22.